The third kappa shape index (κ3) is 2.49. The van der Waals surface area contributed by atoms with Gasteiger partial charge in [0.05, 0.1) is 21.8 Å². The van der Waals surface area contributed by atoms with Crippen molar-refractivity contribution in [1.29, 1.82) is 5.26 Å². The molecular formula is C11H11N3O3S. The summed E-state index contributed by atoms with van der Waals surface area (Å²) in [5.41, 5.74) is 0. The standard InChI is InChI=1S/C11H11N3O3S/c12-6-7-2-1-3-8(7)13-11(15)9-4-5-10(18-9)14(16)17/h4-5,7-8H,1-3H2,(H,13,15). The largest absolute Gasteiger partial charge is 0.347 e. The summed E-state index contributed by atoms with van der Waals surface area (Å²) in [4.78, 5) is 22.2. The van der Waals surface area contributed by atoms with E-state index in [1.807, 2.05) is 0 Å². The molecule has 0 radical (unpaired) electrons. The number of thiophene rings is 1. The van der Waals surface area contributed by atoms with Crippen molar-refractivity contribution in [2.45, 2.75) is 25.3 Å². The van der Waals surface area contributed by atoms with Crippen LogP contribution < -0.4 is 5.32 Å². The SMILES string of the molecule is N#CC1CCCC1NC(=O)c1ccc([N+](=O)[O-])s1. The number of rotatable bonds is 3. The Hall–Kier alpha value is -1.94. The molecule has 0 bridgehead atoms. The van der Waals surface area contributed by atoms with Crippen molar-refractivity contribution in [2.24, 2.45) is 5.92 Å². The van der Waals surface area contributed by atoms with E-state index in [1.54, 1.807) is 0 Å². The fraction of sp³-hybridized carbons (Fsp3) is 0.455. The molecule has 0 spiro atoms. The number of nitro groups is 1. The maximum Gasteiger partial charge on any atom is 0.324 e. The van der Waals surface area contributed by atoms with Crippen LogP contribution in [0.1, 0.15) is 28.9 Å². The first-order valence-electron chi connectivity index (χ1n) is 5.56. The monoisotopic (exact) mass is 265 g/mol. The molecule has 1 amide bonds. The van der Waals surface area contributed by atoms with Crippen LogP contribution in [-0.4, -0.2) is 16.9 Å². The number of amides is 1. The van der Waals surface area contributed by atoms with Gasteiger partial charge in [0.25, 0.3) is 5.91 Å². The summed E-state index contributed by atoms with van der Waals surface area (Å²) in [6, 6.07) is 4.79. The van der Waals surface area contributed by atoms with Crippen molar-refractivity contribution >= 4 is 22.2 Å². The summed E-state index contributed by atoms with van der Waals surface area (Å²) < 4.78 is 0. The van der Waals surface area contributed by atoms with Gasteiger partial charge >= 0.3 is 5.00 Å². The second-order valence-corrected chi connectivity index (χ2v) is 5.20. The fourth-order valence-corrected chi connectivity index (χ4v) is 2.80. The van der Waals surface area contributed by atoms with E-state index in [-0.39, 0.29) is 22.9 Å². The fourth-order valence-electron chi connectivity index (χ4n) is 2.07. The molecule has 2 atom stereocenters. The van der Waals surface area contributed by atoms with Gasteiger partial charge in [0.15, 0.2) is 0 Å². The normalized spacial score (nSPS) is 22.4. The number of nitrogens with one attached hydrogen (secondary N) is 1. The third-order valence-electron chi connectivity index (χ3n) is 2.99. The van der Waals surface area contributed by atoms with Crippen molar-refractivity contribution in [3.05, 3.63) is 27.1 Å². The van der Waals surface area contributed by atoms with Gasteiger partial charge in [0.2, 0.25) is 0 Å². The Morgan fingerprint density at radius 1 is 1.56 bits per heavy atom. The van der Waals surface area contributed by atoms with E-state index in [4.69, 9.17) is 5.26 Å². The second-order valence-electron chi connectivity index (χ2n) is 4.14. The van der Waals surface area contributed by atoms with E-state index in [0.29, 0.717) is 4.88 Å². The zero-order valence-electron chi connectivity index (χ0n) is 9.46. The van der Waals surface area contributed by atoms with Crippen molar-refractivity contribution in [3.8, 4) is 6.07 Å². The Bertz CT molecular complexity index is 520. The molecule has 1 aliphatic rings. The maximum absolute atomic E-state index is 11.9. The van der Waals surface area contributed by atoms with Crippen LogP contribution in [0.5, 0.6) is 0 Å². The van der Waals surface area contributed by atoms with E-state index in [0.717, 1.165) is 30.6 Å². The van der Waals surface area contributed by atoms with Gasteiger partial charge in [0, 0.05) is 12.1 Å². The van der Waals surface area contributed by atoms with Crippen LogP contribution in [0.3, 0.4) is 0 Å². The van der Waals surface area contributed by atoms with Crippen LogP contribution in [-0.2, 0) is 0 Å². The molecule has 1 aliphatic carbocycles. The van der Waals surface area contributed by atoms with E-state index in [1.165, 1.54) is 12.1 Å². The molecule has 6 nitrogen and oxygen atoms in total. The minimum absolute atomic E-state index is 0.0524. The summed E-state index contributed by atoms with van der Waals surface area (Å²) in [6.45, 7) is 0. The molecule has 1 heterocycles. The Balaban J connectivity index is 2.03. The zero-order chi connectivity index (χ0) is 13.1. The number of carbonyl (C=O) groups excluding carboxylic acids is 1. The number of hydrogen-bond donors (Lipinski definition) is 1. The Kier molecular flexibility index (Phi) is 3.58. The van der Waals surface area contributed by atoms with Crippen LogP contribution in [0.4, 0.5) is 5.00 Å². The average molecular weight is 265 g/mol. The van der Waals surface area contributed by atoms with E-state index in [9.17, 15) is 14.9 Å². The highest BCUT2D eigenvalue weighted by atomic mass is 32.1. The van der Waals surface area contributed by atoms with Gasteiger partial charge in [-0.25, -0.2) is 0 Å². The minimum atomic E-state index is -0.519. The third-order valence-corrected chi connectivity index (χ3v) is 4.03. The number of nitriles is 1. The minimum Gasteiger partial charge on any atom is -0.347 e. The molecule has 0 aliphatic heterocycles. The summed E-state index contributed by atoms with van der Waals surface area (Å²) in [6.07, 6.45) is 2.51. The number of carbonyl (C=O) groups is 1. The highest BCUT2D eigenvalue weighted by Gasteiger charge is 2.29. The molecule has 2 rings (SSSR count). The van der Waals surface area contributed by atoms with Crippen molar-refractivity contribution in [2.75, 3.05) is 0 Å². The molecule has 94 valence electrons. The van der Waals surface area contributed by atoms with Crippen LogP contribution in [0.25, 0.3) is 0 Å². The van der Waals surface area contributed by atoms with Gasteiger partial charge in [-0.05, 0) is 25.3 Å². The first-order valence-corrected chi connectivity index (χ1v) is 6.38. The van der Waals surface area contributed by atoms with Gasteiger partial charge in [0.1, 0.15) is 0 Å². The van der Waals surface area contributed by atoms with Gasteiger partial charge < -0.3 is 5.32 Å². The van der Waals surface area contributed by atoms with Crippen LogP contribution in [0.2, 0.25) is 0 Å². The lowest BCUT2D eigenvalue weighted by atomic mass is 10.1. The topological polar surface area (TPSA) is 96.0 Å². The van der Waals surface area contributed by atoms with E-state index in [2.05, 4.69) is 11.4 Å². The van der Waals surface area contributed by atoms with Crippen LogP contribution >= 0.6 is 11.3 Å². The number of nitrogens with zero attached hydrogens (tertiary/aromatic N) is 2. The van der Waals surface area contributed by atoms with Gasteiger partial charge in [-0.2, -0.15) is 5.26 Å². The molecule has 18 heavy (non-hydrogen) atoms. The molecular weight excluding hydrogens is 254 g/mol. The average Bonchev–Trinajstić information content (AvgIpc) is 2.96. The predicted molar refractivity (Wildman–Crippen MR) is 65.2 cm³/mol. The Labute approximate surface area is 107 Å². The molecule has 1 saturated carbocycles. The molecule has 7 heteroatoms. The lowest BCUT2D eigenvalue weighted by Gasteiger charge is -2.14. The van der Waals surface area contributed by atoms with Crippen molar-refractivity contribution in [1.82, 2.24) is 5.32 Å². The first-order chi connectivity index (χ1) is 8.61. The Morgan fingerprint density at radius 3 is 2.94 bits per heavy atom. The molecule has 0 aromatic carbocycles. The van der Waals surface area contributed by atoms with Crippen molar-refractivity contribution < 1.29 is 9.72 Å². The predicted octanol–water partition coefficient (Wildman–Crippen LogP) is 2.08. The highest BCUT2D eigenvalue weighted by Crippen LogP contribution is 2.27. The van der Waals surface area contributed by atoms with Crippen molar-refractivity contribution in [3.63, 3.8) is 0 Å². The van der Waals surface area contributed by atoms with Gasteiger partial charge in [-0.1, -0.05) is 11.3 Å². The van der Waals surface area contributed by atoms with Crippen LogP contribution in [0, 0.1) is 27.4 Å². The maximum atomic E-state index is 11.9. The molecule has 1 N–H and O–H groups in total. The lowest BCUT2D eigenvalue weighted by Crippen LogP contribution is -2.36. The smallest absolute Gasteiger partial charge is 0.324 e. The number of hydrogen-bond acceptors (Lipinski definition) is 5. The van der Waals surface area contributed by atoms with E-state index >= 15 is 0 Å². The summed E-state index contributed by atoms with van der Waals surface area (Å²) in [5.74, 6) is -0.482. The summed E-state index contributed by atoms with van der Waals surface area (Å²) >= 11 is 0.847. The quantitative estimate of drug-likeness (QED) is 0.668. The first kappa shape index (κ1) is 12.5. The molecule has 1 aromatic rings. The van der Waals surface area contributed by atoms with Crippen LogP contribution in [0.15, 0.2) is 12.1 Å². The summed E-state index contributed by atoms with van der Waals surface area (Å²) in [7, 11) is 0. The molecule has 1 fully saturated rings. The van der Waals surface area contributed by atoms with E-state index < -0.39 is 4.92 Å². The lowest BCUT2D eigenvalue weighted by molar-refractivity contribution is -0.380. The second kappa shape index (κ2) is 5.14. The zero-order valence-corrected chi connectivity index (χ0v) is 10.3. The van der Waals surface area contributed by atoms with Gasteiger partial charge in [-0.3, -0.25) is 14.9 Å². The van der Waals surface area contributed by atoms with Gasteiger partial charge in [-0.15, -0.1) is 0 Å². The molecule has 1 aromatic heterocycles. The Morgan fingerprint density at radius 2 is 2.33 bits per heavy atom. The highest BCUT2D eigenvalue weighted by molar-refractivity contribution is 7.17. The summed E-state index contributed by atoms with van der Waals surface area (Å²) in [5, 5.41) is 22.2. The molecule has 0 saturated heterocycles. The molecule has 2 unspecified atom stereocenters.